The number of halogens is 3. The van der Waals surface area contributed by atoms with Gasteiger partial charge in [0.1, 0.15) is 18.4 Å². The normalized spacial score (nSPS) is 18.1. The number of carboxylic acids is 3. The molecule has 2 saturated heterocycles. The second-order valence-corrected chi connectivity index (χ2v) is 14.7. The summed E-state index contributed by atoms with van der Waals surface area (Å²) in [6.07, 6.45) is 0.253. The Morgan fingerprint density at radius 3 is 2.02 bits per heavy atom. The second kappa shape index (κ2) is 21.3. The van der Waals surface area contributed by atoms with Gasteiger partial charge in [0.2, 0.25) is 0 Å². The highest BCUT2D eigenvalue weighted by Gasteiger charge is 2.35. The molecule has 0 radical (unpaired) electrons. The van der Waals surface area contributed by atoms with Crippen molar-refractivity contribution in [2.24, 2.45) is 0 Å². The molecule has 3 aromatic rings. The number of nitrogens with zero attached hydrogens (tertiary/aromatic N) is 4. The largest absolute Gasteiger partial charge is 0.491 e. The molecule has 0 spiro atoms. The third-order valence-electron chi connectivity index (χ3n) is 10.7. The zero-order chi connectivity index (χ0) is 41.7. The van der Waals surface area contributed by atoms with Crippen molar-refractivity contribution < 1.29 is 52.3 Å². The minimum atomic E-state index is -4.70. The van der Waals surface area contributed by atoms with Crippen molar-refractivity contribution in [1.29, 1.82) is 0 Å². The van der Waals surface area contributed by atoms with E-state index in [9.17, 15) is 42.9 Å². The van der Waals surface area contributed by atoms with Crippen molar-refractivity contribution in [2.75, 3.05) is 85.3 Å². The summed E-state index contributed by atoms with van der Waals surface area (Å²) in [7, 11) is 0. The lowest BCUT2D eigenvalue weighted by Crippen LogP contribution is -2.44. The quantitative estimate of drug-likeness (QED) is 0.113. The molecule has 0 bridgehead atoms. The first-order valence-electron chi connectivity index (χ1n) is 19.6. The number of carboxylic acid groups (broad SMARTS) is 3. The van der Waals surface area contributed by atoms with Gasteiger partial charge in [0.05, 0.1) is 31.9 Å². The maximum atomic E-state index is 14.7. The summed E-state index contributed by atoms with van der Waals surface area (Å²) in [5, 5.41) is 28.6. The average Bonchev–Trinajstić information content (AvgIpc) is 3.26. The van der Waals surface area contributed by atoms with Gasteiger partial charge >= 0.3 is 24.1 Å². The van der Waals surface area contributed by atoms with Crippen LogP contribution >= 0.6 is 0 Å². The molecule has 12 nitrogen and oxygen atoms in total. The standard InChI is InChI=1S/C43H53F3N4O8/c1-31-32(10-7-11-36(31)33-8-3-2-4-9-33)13-14-34-27-39(35(26-37(34)43(44,45)46)28-50-15-6-5-12-38(50)42(55)56)58-25-24-57-23-22-47-16-18-48(29-40(51)52)20-21-49(19-17-47)30-41(53)54/h2-4,7-11,13-14,26-27,38H,5-6,12,15-25,28-30H2,1H3,(H,51,52)(H,53,54)(H,55,56)/b14-13+/t38-/m0/s1. The van der Waals surface area contributed by atoms with Crippen LogP contribution in [0.3, 0.4) is 0 Å². The van der Waals surface area contributed by atoms with Crippen LogP contribution in [-0.4, -0.2) is 144 Å². The fraction of sp³-hybridized carbons (Fsp3) is 0.465. The molecule has 2 aliphatic rings. The van der Waals surface area contributed by atoms with E-state index in [1.807, 2.05) is 55.5 Å². The molecular formula is C43H53F3N4O8. The summed E-state index contributed by atoms with van der Waals surface area (Å²) < 4.78 is 56.3. The van der Waals surface area contributed by atoms with E-state index >= 15 is 0 Å². The molecule has 3 aromatic carbocycles. The molecule has 0 amide bonds. The maximum Gasteiger partial charge on any atom is 0.417 e. The van der Waals surface area contributed by atoms with E-state index in [0.717, 1.165) is 41.2 Å². The minimum absolute atomic E-state index is 0.0148. The summed E-state index contributed by atoms with van der Waals surface area (Å²) in [6, 6.07) is 17.1. The van der Waals surface area contributed by atoms with Gasteiger partial charge < -0.3 is 24.8 Å². The number of likely N-dealkylation sites (tertiary alicyclic amines) is 1. The van der Waals surface area contributed by atoms with Crippen molar-refractivity contribution in [3.63, 3.8) is 0 Å². The van der Waals surface area contributed by atoms with E-state index in [4.69, 9.17) is 9.47 Å². The molecule has 0 aliphatic carbocycles. The van der Waals surface area contributed by atoms with Crippen LogP contribution in [0.25, 0.3) is 23.3 Å². The van der Waals surface area contributed by atoms with Crippen LogP contribution in [0.4, 0.5) is 13.2 Å². The van der Waals surface area contributed by atoms with Gasteiger partial charge in [0.25, 0.3) is 0 Å². The number of benzene rings is 3. The Kier molecular flexibility index (Phi) is 16.3. The first kappa shape index (κ1) is 44.3. The SMILES string of the molecule is Cc1c(/C=C/c2cc(OCCOCCN3CCN(CC(=O)O)CCN(CC(=O)O)CC3)c(CN3CCCC[C@H]3C(=O)O)cc2C(F)(F)F)cccc1-c1ccccc1. The third kappa shape index (κ3) is 13.1. The first-order valence-corrected chi connectivity index (χ1v) is 19.6. The summed E-state index contributed by atoms with van der Waals surface area (Å²) in [5.74, 6) is -2.73. The Morgan fingerprint density at radius 1 is 0.759 bits per heavy atom. The molecule has 0 saturated carbocycles. The molecule has 5 rings (SSSR count). The highest BCUT2D eigenvalue weighted by atomic mass is 19.4. The molecule has 314 valence electrons. The second-order valence-electron chi connectivity index (χ2n) is 14.7. The predicted molar refractivity (Wildman–Crippen MR) is 214 cm³/mol. The summed E-state index contributed by atoms with van der Waals surface area (Å²) in [5.41, 5.74) is 2.92. The monoisotopic (exact) mass is 810 g/mol. The number of hydrogen-bond acceptors (Lipinski definition) is 9. The number of piperidine rings is 1. The van der Waals surface area contributed by atoms with Crippen LogP contribution in [0.5, 0.6) is 5.75 Å². The van der Waals surface area contributed by atoms with Crippen molar-refractivity contribution >= 4 is 30.1 Å². The number of aliphatic carboxylic acids is 3. The zero-order valence-corrected chi connectivity index (χ0v) is 32.8. The van der Waals surface area contributed by atoms with Crippen LogP contribution in [0.15, 0.2) is 60.7 Å². The Balaban J connectivity index is 1.32. The van der Waals surface area contributed by atoms with Gasteiger partial charge in [-0.3, -0.25) is 34.0 Å². The van der Waals surface area contributed by atoms with Crippen molar-refractivity contribution in [1.82, 2.24) is 19.6 Å². The van der Waals surface area contributed by atoms with E-state index in [1.54, 1.807) is 20.8 Å². The lowest BCUT2D eigenvalue weighted by atomic mass is 9.95. The number of rotatable bonds is 17. The summed E-state index contributed by atoms with van der Waals surface area (Å²) in [4.78, 5) is 42.2. The molecule has 1 atom stereocenters. The van der Waals surface area contributed by atoms with E-state index < -0.39 is 35.7 Å². The highest BCUT2D eigenvalue weighted by molar-refractivity contribution is 5.79. The van der Waals surface area contributed by atoms with Gasteiger partial charge in [-0.25, -0.2) is 0 Å². The predicted octanol–water partition coefficient (Wildman–Crippen LogP) is 5.77. The summed E-state index contributed by atoms with van der Waals surface area (Å²) >= 11 is 0. The molecule has 2 heterocycles. The highest BCUT2D eigenvalue weighted by Crippen LogP contribution is 2.38. The van der Waals surface area contributed by atoms with Crippen molar-refractivity contribution in [2.45, 2.75) is 44.9 Å². The van der Waals surface area contributed by atoms with E-state index in [0.29, 0.717) is 58.8 Å². The topological polar surface area (TPSA) is 143 Å². The van der Waals surface area contributed by atoms with Gasteiger partial charge in [-0.05, 0) is 66.3 Å². The van der Waals surface area contributed by atoms with Crippen molar-refractivity contribution in [3.8, 4) is 16.9 Å². The maximum absolute atomic E-state index is 14.7. The average molecular weight is 811 g/mol. The Morgan fingerprint density at radius 2 is 1.40 bits per heavy atom. The Bertz CT molecular complexity index is 1850. The molecule has 2 fully saturated rings. The Hall–Kier alpha value is -4.80. The van der Waals surface area contributed by atoms with E-state index in [1.165, 1.54) is 12.1 Å². The molecule has 0 unspecified atom stereocenters. The van der Waals surface area contributed by atoms with Crippen molar-refractivity contribution in [3.05, 3.63) is 88.5 Å². The zero-order valence-electron chi connectivity index (χ0n) is 32.8. The fourth-order valence-corrected chi connectivity index (χ4v) is 7.52. The molecule has 58 heavy (non-hydrogen) atoms. The van der Waals surface area contributed by atoms with Gasteiger partial charge in [-0.15, -0.1) is 0 Å². The number of alkyl halides is 3. The van der Waals surface area contributed by atoms with Crippen LogP contribution in [0.1, 0.15) is 47.1 Å². The first-order chi connectivity index (χ1) is 27.8. The van der Waals surface area contributed by atoms with Gasteiger partial charge in [0.15, 0.2) is 0 Å². The Labute approximate surface area is 337 Å². The van der Waals surface area contributed by atoms with Crippen LogP contribution < -0.4 is 4.74 Å². The molecule has 3 N–H and O–H groups in total. The molecular weight excluding hydrogens is 757 g/mol. The number of ether oxygens (including phenoxy) is 2. The lowest BCUT2D eigenvalue weighted by molar-refractivity contribution is -0.145. The summed E-state index contributed by atoms with van der Waals surface area (Å²) in [6.45, 7) is 5.87. The van der Waals surface area contributed by atoms with E-state index in [-0.39, 0.29) is 56.3 Å². The smallest absolute Gasteiger partial charge is 0.417 e. The van der Waals surface area contributed by atoms with Gasteiger partial charge in [0, 0.05) is 57.9 Å². The third-order valence-corrected chi connectivity index (χ3v) is 10.7. The van der Waals surface area contributed by atoms with E-state index in [2.05, 4.69) is 4.90 Å². The molecule has 2 aliphatic heterocycles. The number of carbonyl (C=O) groups is 3. The van der Waals surface area contributed by atoms with Crippen LogP contribution in [0, 0.1) is 6.92 Å². The lowest BCUT2D eigenvalue weighted by Gasteiger charge is -2.33. The molecule has 0 aromatic heterocycles. The fourth-order valence-electron chi connectivity index (χ4n) is 7.52. The van der Waals surface area contributed by atoms with Gasteiger partial charge in [-0.2, -0.15) is 13.2 Å². The number of hydrogen-bond donors (Lipinski definition) is 3. The molecule has 15 heteroatoms. The van der Waals surface area contributed by atoms with Crippen LogP contribution in [-0.2, 0) is 31.8 Å². The minimum Gasteiger partial charge on any atom is -0.491 e. The van der Waals surface area contributed by atoms with Gasteiger partial charge in [-0.1, -0.05) is 67.1 Å². The van der Waals surface area contributed by atoms with Crippen LogP contribution in [0.2, 0.25) is 0 Å².